The summed E-state index contributed by atoms with van der Waals surface area (Å²) >= 11 is 1.91. The number of carbonyl (C=O) groups is 1. The van der Waals surface area contributed by atoms with Crippen LogP contribution in [-0.2, 0) is 11.3 Å². The van der Waals surface area contributed by atoms with Gasteiger partial charge >= 0.3 is 0 Å². The van der Waals surface area contributed by atoms with Crippen molar-refractivity contribution >= 4 is 17.7 Å². The van der Waals surface area contributed by atoms with Gasteiger partial charge in [0.2, 0.25) is 5.91 Å². The average molecular weight is 262 g/mol. The molecule has 2 saturated heterocycles. The van der Waals surface area contributed by atoms with Crippen molar-refractivity contribution in [3.8, 4) is 0 Å². The zero-order valence-corrected chi connectivity index (χ0v) is 11.2. The first-order chi connectivity index (χ1) is 8.81. The molecule has 2 aliphatic rings. The Labute approximate surface area is 112 Å². The molecule has 1 aromatic rings. The summed E-state index contributed by atoms with van der Waals surface area (Å²) in [5.41, 5.74) is 1.33. The van der Waals surface area contributed by atoms with Gasteiger partial charge in [-0.25, -0.2) is 0 Å². The minimum atomic E-state index is 0.159. The maximum atomic E-state index is 11.9. The van der Waals surface area contributed by atoms with E-state index in [1.165, 1.54) is 5.56 Å². The molecule has 3 nitrogen and oxygen atoms in total. The summed E-state index contributed by atoms with van der Waals surface area (Å²) in [6, 6.07) is 10.8. The summed E-state index contributed by atoms with van der Waals surface area (Å²) in [7, 11) is 0. The van der Waals surface area contributed by atoms with Gasteiger partial charge in [0.25, 0.3) is 0 Å². The van der Waals surface area contributed by atoms with E-state index in [0.29, 0.717) is 6.04 Å². The van der Waals surface area contributed by atoms with E-state index >= 15 is 0 Å². The Bertz CT molecular complexity index is 423. The number of thioether (sulfide) groups is 1. The highest BCUT2D eigenvalue weighted by Gasteiger charge is 2.32. The van der Waals surface area contributed by atoms with Crippen LogP contribution in [0.1, 0.15) is 5.56 Å². The second-order valence-corrected chi connectivity index (χ2v) is 6.19. The Morgan fingerprint density at radius 1 is 1.22 bits per heavy atom. The maximum absolute atomic E-state index is 11.9. The molecule has 2 unspecified atom stereocenters. The summed E-state index contributed by atoms with van der Waals surface area (Å²) in [5.74, 6) is 2.42. The third-order valence-electron chi connectivity index (χ3n) is 3.56. The monoisotopic (exact) mass is 262 g/mol. The van der Waals surface area contributed by atoms with E-state index < -0.39 is 0 Å². The van der Waals surface area contributed by atoms with Crippen LogP contribution in [0, 0.1) is 5.92 Å². The first-order valence-electron chi connectivity index (χ1n) is 6.45. The lowest BCUT2D eigenvalue weighted by molar-refractivity contribution is -0.124. The van der Waals surface area contributed by atoms with Crippen molar-refractivity contribution < 1.29 is 4.79 Å². The molecule has 3 rings (SSSR count). The van der Waals surface area contributed by atoms with E-state index in [4.69, 9.17) is 0 Å². The summed E-state index contributed by atoms with van der Waals surface area (Å²) in [6.45, 7) is 2.82. The number of carbonyl (C=O) groups excluding carboxylic acids is 1. The normalized spacial score (nSPS) is 28.6. The number of rotatable bonds is 2. The predicted octanol–water partition coefficient (Wildman–Crippen LogP) is 1.35. The fourth-order valence-corrected chi connectivity index (χ4v) is 3.84. The Morgan fingerprint density at radius 3 is 2.89 bits per heavy atom. The zero-order chi connectivity index (χ0) is 12.4. The zero-order valence-electron chi connectivity index (χ0n) is 10.3. The van der Waals surface area contributed by atoms with Gasteiger partial charge in [-0.2, -0.15) is 11.8 Å². The molecule has 2 heterocycles. The van der Waals surface area contributed by atoms with Crippen LogP contribution in [0.3, 0.4) is 0 Å². The highest BCUT2D eigenvalue weighted by molar-refractivity contribution is 7.99. The lowest BCUT2D eigenvalue weighted by Crippen LogP contribution is -2.40. The third kappa shape index (κ3) is 2.70. The number of nitrogens with zero attached hydrogens (tertiary/aromatic N) is 1. The van der Waals surface area contributed by atoms with E-state index in [0.717, 1.165) is 31.1 Å². The Balaban J connectivity index is 1.72. The van der Waals surface area contributed by atoms with Crippen LogP contribution in [0.4, 0.5) is 0 Å². The molecule has 1 N–H and O–H groups in total. The summed E-state index contributed by atoms with van der Waals surface area (Å²) < 4.78 is 0. The SMILES string of the molecule is O=C1NC2CSCC1CN(Cc1ccccc1)C2. The molecule has 0 aliphatic carbocycles. The second-order valence-electron chi connectivity index (χ2n) is 5.12. The number of benzene rings is 1. The molecule has 0 radical (unpaired) electrons. The maximum Gasteiger partial charge on any atom is 0.225 e. The second kappa shape index (κ2) is 5.33. The third-order valence-corrected chi connectivity index (χ3v) is 4.84. The van der Waals surface area contributed by atoms with Crippen LogP contribution in [0.25, 0.3) is 0 Å². The van der Waals surface area contributed by atoms with Gasteiger partial charge in [0.15, 0.2) is 0 Å². The average Bonchev–Trinajstić information content (AvgIpc) is 2.59. The van der Waals surface area contributed by atoms with E-state index in [2.05, 4.69) is 34.5 Å². The highest BCUT2D eigenvalue weighted by Crippen LogP contribution is 2.22. The van der Waals surface area contributed by atoms with E-state index in [1.54, 1.807) is 0 Å². The van der Waals surface area contributed by atoms with Gasteiger partial charge in [0.1, 0.15) is 0 Å². The molecule has 4 heteroatoms. The quantitative estimate of drug-likeness (QED) is 0.873. The fraction of sp³-hybridized carbons (Fsp3) is 0.500. The molecule has 1 aromatic carbocycles. The first kappa shape index (κ1) is 12.1. The van der Waals surface area contributed by atoms with Gasteiger partial charge in [-0.1, -0.05) is 30.3 Å². The minimum absolute atomic E-state index is 0.159. The molecule has 1 amide bonds. The van der Waals surface area contributed by atoms with Crippen molar-refractivity contribution in [2.45, 2.75) is 12.6 Å². The molecular formula is C14H18N2OS. The van der Waals surface area contributed by atoms with Crippen LogP contribution in [-0.4, -0.2) is 41.4 Å². The molecule has 0 spiro atoms. The number of nitrogens with one attached hydrogen (secondary N) is 1. The van der Waals surface area contributed by atoms with E-state index in [1.807, 2.05) is 17.8 Å². The molecular weight excluding hydrogens is 244 g/mol. The van der Waals surface area contributed by atoms with Crippen molar-refractivity contribution in [1.82, 2.24) is 10.2 Å². The molecule has 18 heavy (non-hydrogen) atoms. The van der Waals surface area contributed by atoms with Crippen molar-refractivity contribution in [3.63, 3.8) is 0 Å². The topological polar surface area (TPSA) is 32.3 Å². The van der Waals surface area contributed by atoms with Crippen LogP contribution < -0.4 is 5.32 Å². The van der Waals surface area contributed by atoms with Gasteiger partial charge in [-0.15, -0.1) is 0 Å². The van der Waals surface area contributed by atoms with Crippen molar-refractivity contribution in [2.24, 2.45) is 5.92 Å². The summed E-state index contributed by atoms with van der Waals surface area (Å²) in [4.78, 5) is 14.4. The number of hydrogen-bond donors (Lipinski definition) is 1. The largest absolute Gasteiger partial charge is 0.351 e. The molecule has 2 bridgehead atoms. The van der Waals surface area contributed by atoms with Gasteiger partial charge in [-0.05, 0) is 5.56 Å². The van der Waals surface area contributed by atoms with E-state index in [9.17, 15) is 4.79 Å². The Morgan fingerprint density at radius 2 is 2.06 bits per heavy atom. The first-order valence-corrected chi connectivity index (χ1v) is 7.61. The minimum Gasteiger partial charge on any atom is -0.351 e. The standard InChI is InChI=1S/C14H18N2OS/c17-14-12-7-16(6-11-4-2-1-3-5-11)8-13(15-14)10-18-9-12/h1-5,12-13H,6-10H2,(H,15,17). The molecule has 0 aromatic heterocycles. The molecule has 0 saturated carbocycles. The van der Waals surface area contributed by atoms with Gasteiger partial charge in [-0.3, -0.25) is 9.69 Å². The summed E-state index contributed by atoms with van der Waals surface area (Å²) in [5, 5.41) is 3.16. The van der Waals surface area contributed by atoms with Gasteiger partial charge < -0.3 is 5.32 Å². The van der Waals surface area contributed by atoms with Crippen LogP contribution in [0.2, 0.25) is 0 Å². The molecule has 2 aliphatic heterocycles. The molecule has 2 atom stereocenters. The Hall–Kier alpha value is -1.00. The van der Waals surface area contributed by atoms with E-state index in [-0.39, 0.29) is 11.8 Å². The molecule has 2 fully saturated rings. The Kier molecular flexibility index (Phi) is 3.57. The van der Waals surface area contributed by atoms with Gasteiger partial charge in [0.05, 0.1) is 12.0 Å². The highest BCUT2D eigenvalue weighted by atomic mass is 32.2. The van der Waals surface area contributed by atoms with Crippen LogP contribution in [0.15, 0.2) is 30.3 Å². The van der Waals surface area contributed by atoms with Crippen molar-refractivity contribution in [2.75, 3.05) is 24.6 Å². The van der Waals surface area contributed by atoms with Crippen LogP contribution >= 0.6 is 11.8 Å². The summed E-state index contributed by atoms with van der Waals surface area (Å²) in [6.07, 6.45) is 0. The number of fused-ring (bicyclic) bond motifs is 3. The smallest absolute Gasteiger partial charge is 0.225 e. The van der Waals surface area contributed by atoms with Crippen molar-refractivity contribution in [3.05, 3.63) is 35.9 Å². The predicted molar refractivity (Wildman–Crippen MR) is 74.5 cm³/mol. The fourth-order valence-electron chi connectivity index (χ4n) is 2.69. The van der Waals surface area contributed by atoms with Crippen molar-refractivity contribution in [1.29, 1.82) is 0 Å². The van der Waals surface area contributed by atoms with Crippen LogP contribution in [0.5, 0.6) is 0 Å². The number of amides is 1. The number of hydrogen-bond acceptors (Lipinski definition) is 3. The molecule has 96 valence electrons. The lowest BCUT2D eigenvalue weighted by atomic mass is 10.1. The lowest BCUT2D eigenvalue weighted by Gasteiger charge is -2.27. The van der Waals surface area contributed by atoms with Gasteiger partial charge in [0, 0.05) is 31.1 Å².